The van der Waals surface area contributed by atoms with Gasteiger partial charge in [0.15, 0.2) is 5.79 Å². The maximum absolute atomic E-state index is 11.3. The largest absolute Gasteiger partial charge is 0.411 e. The molecule has 8 heteroatoms. The van der Waals surface area contributed by atoms with Gasteiger partial charge in [-0.15, -0.1) is 0 Å². The molecule has 1 spiro atoms. The van der Waals surface area contributed by atoms with Crippen LogP contribution < -0.4 is 4.90 Å². The lowest BCUT2D eigenvalue weighted by Gasteiger charge is -2.28. The van der Waals surface area contributed by atoms with Gasteiger partial charge in [0.1, 0.15) is 5.71 Å². The zero-order valence-electron chi connectivity index (χ0n) is 8.25. The summed E-state index contributed by atoms with van der Waals surface area (Å²) in [5.74, 6) is -0.910. The predicted molar refractivity (Wildman–Crippen MR) is 46.7 cm³/mol. The Morgan fingerprint density at radius 3 is 2.81 bits per heavy atom. The third kappa shape index (κ3) is 1.20. The van der Waals surface area contributed by atoms with E-state index in [1.807, 2.05) is 0 Å². The standard InChI is InChI=1S/C8H9N3O5/c12-9-5-3-8(14-1-2-15-8)4-6-7(5)10-16-11(6)13/h12H,1-4H2/b9-5+. The molecule has 1 aliphatic heterocycles. The molecular weight excluding hydrogens is 218 g/mol. The van der Waals surface area contributed by atoms with Crippen molar-refractivity contribution in [2.45, 2.75) is 18.6 Å². The SMILES string of the molecule is [O-][n+]1onc2c1CC1(C/C2=N\O)OCCO1. The van der Waals surface area contributed by atoms with Crippen LogP contribution in [0.25, 0.3) is 0 Å². The van der Waals surface area contributed by atoms with Crippen LogP contribution in [0, 0.1) is 5.21 Å². The van der Waals surface area contributed by atoms with Crippen molar-refractivity contribution in [1.29, 1.82) is 0 Å². The van der Waals surface area contributed by atoms with Crippen molar-refractivity contribution in [3.8, 4) is 0 Å². The summed E-state index contributed by atoms with van der Waals surface area (Å²) in [4.78, 5) is 0.284. The summed E-state index contributed by atoms with van der Waals surface area (Å²) >= 11 is 0. The molecule has 16 heavy (non-hydrogen) atoms. The van der Waals surface area contributed by atoms with Crippen molar-refractivity contribution in [2.75, 3.05) is 13.2 Å². The summed E-state index contributed by atoms with van der Waals surface area (Å²) in [5, 5.41) is 26.8. The minimum atomic E-state index is -0.910. The molecule has 1 aromatic rings. The second-order valence-electron chi connectivity index (χ2n) is 3.73. The van der Waals surface area contributed by atoms with Gasteiger partial charge in [-0.1, -0.05) is 5.16 Å². The number of nitrogens with zero attached hydrogens (tertiary/aromatic N) is 3. The van der Waals surface area contributed by atoms with E-state index < -0.39 is 5.79 Å². The summed E-state index contributed by atoms with van der Waals surface area (Å²) in [5.41, 5.74) is 0.768. The molecule has 0 aromatic carbocycles. The van der Waals surface area contributed by atoms with Gasteiger partial charge in [-0.25, -0.2) is 0 Å². The van der Waals surface area contributed by atoms with E-state index in [9.17, 15) is 5.21 Å². The quantitative estimate of drug-likeness (QED) is 0.352. The molecule has 0 radical (unpaired) electrons. The first-order valence-electron chi connectivity index (χ1n) is 4.82. The van der Waals surface area contributed by atoms with Crippen LogP contribution in [0.1, 0.15) is 17.8 Å². The van der Waals surface area contributed by atoms with Gasteiger partial charge in [0.25, 0.3) is 5.69 Å². The van der Waals surface area contributed by atoms with Crippen molar-refractivity contribution < 1.29 is 24.2 Å². The van der Waals surface area contributed by atoms with Crippen LogP contribution in [-0.2, 0) is 15.9 Å². The first-order chi connectivity index (χ1) is 7.74. The van der Waals surface area contributed by atoms with E-state index in [1.165, 1.54) is 0 Å². The van der Waals surface area contributed by atoms with Gasteiger partial charge in [-0.05, 0) is 4.90 Å². The van der Waals surface area contributed by atoms with Gasteiger partial charge in [0.05, 0.1) is 26.1 Å². The van der Waals surface area contributed by atoms with Gasteiger partial charge in [0, 0.05) is 5.16 Å². The fraction of sp³-hybridized carbons (Fsp3) is 0.625. The molecule has 8 nitrogen and oxygen atoms in total. The lowest BCUT2D eigenvalue weighted by Crippen LogP contribution is -2.44. The number of hydrogen-bond acceptors (Lipinski definition) is 7. The average Bonchev–Trinajstić information content (AvgIpc) is 2.87. The van der Waals surface area contributed by atoms with Gasteiger partial charge in [-0.2, -0.15) is 0 Å². The van der Waals surface area contributed by atoms with Gasteiger partial charge >= 0.3 is 0 Å². The van der Waals surface area contributed by atoms with Gasteiger partial charge in [-0.3, -0.25) is 4.63 Å². The second-order valence-corrected chi connectivity index (χ2v) is 3.73. The highest BCUT2D eigenvalue weighted by atomic mass is 16.8. The van der Waals surface area contributed by atoms with Crippen LogP contribution in [-0.4, -0.2) is 35.1 Å². The molecule has 3 rings (SSSR count). The Labute approximate surface area is 89.6 Å². The molecule has 1 fully saturated rings. The highest BCUT2D eigenvalue weighted by molar-refractivity contribution is 6.00. The monoisotopic (exact) mass is 227 g/mol. The summed E-state index contributed by atoms with van der Waals surface area (Å²) in [6.45, 7) is 0.913. The minimum Gasteiger partial charge on any atom is -0.411 e. The Morgan fingerprint density at radius 2 is 2.12 bits per heavy atom. The van der Waals surface area contributed by atoms with E-state index in [0.29, 0.717) is 13.2 Å². The average molecular weight is 227 g/mol. The van der Waals surface area contributed by atoms with Crippen molar-refractivity contribution >= 4 is 5.71 Å². The fourth-order valence-electron chi connectivity index (χ4n) is 2.07. The molecule has 1 saturated heterocycles. The third-order valence-corrected chi connectivity index (χ3v) is 2.78. The zero-order valence-corrected chi connectivity index (χ0v) is 8.25. The zero-order chi connectivity index (χ0) is 11.2. The van der Waals surface area contributed by atoms with Crippen LogP contribution in [0.5, 0.6) is 0 Å². The van der Waals surface area contributed by atoms with Crippen LogP contribution in [0.4, 0.5) is 0 Å². The number of ether oxygens (including phenoxy) is 2. The van der Waals surface area contributed by atoms with E-state index >= 15 is 0 Å². The number of fused-ring (bicyclic) bond motifs is 1. The lowest BCUT2D eigenvalue weighted by molar-refractivity contribution is -0.808. The maximum Gasteiger partial charge on any atom is 0.269 e. The normalized spacial score (nSPS) is 25.1. The van der Waals surface area contributed by atoms with Crippen LogP contribution >= 0.6 is 0 Å². The Hall–Kier alpha value is -1.67. The highest BCUT2D eigenvalue weighted by Gasteiger charge is 2.48. The van der Waals surface area contributed by atoms with Crippen molar-refractivity contribution in [1.82, 2.24) is 5.16 Å². The van der Waals surface area contributed by atoms with Crippen LogP contribution in [0.3, 0.4) is 0 Å². The third-order valence-electron chi connectivity index (χ3n) is 2.78. The number of aromatic nitrogens is 2. The first kappa shape index (κ1) is 9.55. The molecule has 1 aromatic heterocycles. The maximum atomic E-state index is 11.3. The number of oxime groups is 1. The number of rotatable bonds is 0. The Morgan fingerprint density at radius 1 is 1.38 bits per heavy atom. The van der Waals surface area contributed by atoms with Crippen molar-refractivity contribution in [2.24, 2.45) is 5.16 Å². The van der Waals surface area contributed by atoms with E-state index in [0.717, 1.165) is 0 Å². The molecule has 2 heterocycles. The molecule has 2 aliphatic rings. The molecule has 0 amide bonds. The molecule has 0 bridgehead atoms. The summed E-state index contributed by atoms with van der Waals surface area (Å²) < 4.78 is 15.4. The Bertz CT molecular complexity index is 449. The number of hydrogen-bond donors (Lipinski definition) is 1. The Balaban J connectivity index is 2.07. The Kier molecular flexibility index (Phi) is 1.88. The van der Waals surface area contributed by atoms with E-state index in [2.05, 4.69) is 14.9 Å². The molecule has 0 saturated carbocycles. The molecule has 0 atom stereocenters. The predicted octanol–water partition coefficient (Wildman–Crippen LogP) is -0.824. The second kappa shape index (κ2) is 3.16. The van der Waals surface area contributed by atoms with E-state index in [-0.39, 0.29) is 34.8 Å². The molecule has 86 valence electrons. The summed E-state index contributed by atoms with van der Waals surface area (Å²) in [7, 11) is 0. The van der Waals surface area contributed by atoms with Crippen molar-refractivity contribution in [3.63, 3.8) is 0 Å². The molecule has 0 unspecified atom stereocenters. The van der Waals surface area contributed by atoms with Crippen LogP contribution in [0.15, 0.2) is 9.78 Å². The van der Waals surface area contributed by atoms with Crippen molar-refractivity contribution in [3.05, 3.63) is 16.6 Å². The molecule has 1 N–H and O–H groups in total. The van der Waals surface area contributed by atoms with E-state index in [1.54, 1.807) is 0 Å². The lowest BCUT2D eigenvalue weighted by atomic mass is 9.93. The topological polar surface area (TPSA) is 104 Å². The van der Waals surface area contributed by atoms with Gasteiger partial charge < -0.3 is 19.9 Å². The highest BCUT2D eigenvalue weighted by Crippen LogP contribution is 2.33. The minimum absolute atomic E-state index is 0.238. The first-order valence-corrected chi connectivity index (χ1v) is 4.82. The molecular formula is C8H9N3O5. The smallest absolute Gasteiger partial charge is 0.269 e. The van der Waals surface area contributed by atoms with Gasteiger partial charge in [0.2, 0.25) is 5.69 Å². The molecule has 1 aliphatic carbocycles. The summed E-state index contributed by atoms with van der Waals surface area (Å²) in [6.07, 6.45) is 0.497. The van der Waals surface area contributed by atoms with Crippen LogP contribution in [0.2, 0.25) is 0 Å². The summed E-state index contributed by atoms with van der Waals surface area (Å²) in [6, 6.07) is 0. The van der Waals surface area contributed by atoms with E-state index in [4.69, 9.17) is 14.7 Å². The fourth-order valence-corrected chi connectivity index (χ4v) is 2.07.